The third-order valence-electron chi connectivity index (χ3n) is 3.99. The highest BCUT2D eigenvalue weighted by atomic mass is 16.2. The minimum absolute atomic E-state index is 0.161. The first kappa shape index (κ1) is 15.5. The van der Waals surface area contributed by atoms with Gasteiger partial charge in [0.25, 0.3) is 0 Å². The van der Waals surface area contributed by atoms with Crippen LogP contribution in [-0.2, 0) is 16.1 Å². The van der Waals surface area contributed by atoms with E-state index < -0.39 is 11.8 Å². The predicted octanol–water partition coefficient (Wildman–Crippen LogP) is 2.48. The van der Waals surface area contributed by atoms with E-state index in [1.807, 2.05) is 30.3 Å². The second kappa shape index (κ2) is 7.81. The Hall–Kier alpha value is -1.84. The number of nitrogens with one attached hydrogen (secondary N) is 1. The summed E-state index contributed by atoms with van der Waals surface area (Å²) in [4.78, 5) is 25.6. The van der Waals surface area contributed by atoms with Gasteiger partial charge in [-0.2, -0.15) is 0 Å². The molecule has 1 aromatic rings. The third-order valence-corrected chi connectivity index (χ3v) is 3.99. The Labute approximate surface area is 126 Å². The van der Waals surface area contributed by atoms with Crippen LogP contribution in [0.3, 0.4) is 0 Å². The Balaban J connectivity index is 1.84. The summed E-state index contributed by atoms with van der Waals surface area (Å²) in [5.74, 6) is -0.927. The molecule has 1 aliphatic rings. The lowest BCUT2D eigenvalue weighted by molar-refractivity contribution is -0.145. The van der Waals surface area contributed by atoms with Gasteiger partial charge in [0, 0.05) is 19.6 Å². The molecule has 21 heavy (non-hydrogen) atoms. The molecule has 0 spiro atoms. The van der Waals surface area contributed by atoms with Crippen LogP contribution in [0.5, 0.6) is 0 Å². The Morgan fingerprint density at radius 3 is 2.33 bits per heavy atom. The molecule has 1 fully saturated rings. The van der Waals surface area contributed by atoms with E-state index in [-0.39, 0.29) is 6.04 Å². The normalized spacial score (nSPS) is 16.0. The second-order valence-electron chi connectivity index (χ2n) is 5.81. The van der Waals surface area contributed by atoms with Gasteiger partial charge in [0.15, 0.2) is 0 Å². The lowest BCUT2D eigenvalue weighted by atomic mass is 10.1. The molecule has 1 saturated carbocycles. The van der Waals surface area contributed by atoms with Crippen molar-refractivity contribution in [2.45, 2.75) is 51.1 Å². The maximum Gasteiger partial charge on any atom is 0.311 e. The average Bonchev–Trinajstić information content (AvgIpc) is 2.76. The molecule has 1 aromatic carbocycles. The number of likely N-dealkylation sites (N-methyl/N-ethyl adjacent to an activating group) is 1. The molecular weight excluding hydrogens is 264 g/mol. The number of amides is 2. The summed E-state index contributed by atoms with van der Waals surface area (Å²) < 4.78 is 0. The largest absolute Gasteiger partial charge is 0.345 e. The lowest BCUT2D eigenvalue weighted by Gasteiger charge is -2.20. The summed E-state index contributed by atoms with van der Waals surface area (Å²) in [7, 11) is 1.67. The smallest absolute Gasteiger partial charge is 0.311 e. The van der Waals surface area contributed by atoms with Gasteiger partial charge in [0.05, 0.1) is 0 Å². The predicted molar refractivity (Wildman–Crippen MR) is 82.5 cm³/mol. The molecule has 0 radical (unpaired) electrons. The fourth-order valence-corrected chi connectivity index (χ4v) is 2.77. The van der Waals surface area contributed by atoms with Crippen LogP contribution in [-0.4, -0.2) is 29.8 Å². The Morgan fingerprint density at radius 1 is 1.10 bits per heavy atom. The van der Waals surface area contributed by atoms with Gasteiger partial charge in [-0.15, -0.1) is 0 Å². The quantitative estimate of drug-likeness (QED) is 0.686. The number of rotatable bonds is 3. The fourth-order valence-electron chi connectivity index (χ4n) is 2.77. The number of carbonyl (C=O) groups is 2. The number of nitrogens with zero attached hydrogens (tertiary/aromatic N) is 1. The summed E-state index contributed by atoms with van der Waals surface area (Å²) in [5, 5.41) is 2.90. The van der Waals surface area contributed by atoms with Crippen molar-refractivity contribution in [2.75, 3.05) is 7.05 Å². The van der Waals surface area contributed by atoms with Crippen molar-refractivity contribution in [3.63, 3.8) is 0 Å². The molecule has 0 aromatic heterocycles. The molecule has 0 saturated heterocycles. The van der Waals surface area contributed by atoms with Gasteiger partial charge >= 0.3 is 11.8 Å². The van der Waals surface area contributed by atoms with Gasteiger partial charge < -0.3 is 10.2 Å². The van der Waals surface area contributed by atoms with E-state index >= 15 is 0 Å². The third kappa shape index (κ3) is 4.88. The summed E-state index contributed by atoms with van der Waals surface area (Å²) in [6, 6.07) is 9.86. The molecule has 1 N–H and O–H groups in total. The summed E-state index contributed by atoms with van der Waals surface area (Å²) >= 11 is 0. The van der Waals surface area contributed by atoms with E-state index in [9.17, 15) is 9.59 Å². The zero-order valence-electron chi connectivity index (χ0n) is 12.7. The van der Waals surface area contributed by atoms with Crippen LogP contribution in [0.2, 0.25) is 0 Å². The summed E-state index contributed by atoms with van der Waals surface area (Å²) in [6.45, 7) is 0.456. The molecule has 114 valence electrons. The SMILES string of the molecule is CN(Cc1ccccc1)C(=O)C(=O)NC1CCCCCC1. The second-order valence-corrected chi connectivity index (χ2v) is 5.81. The maximum atomic E-state index is 12.1. The van der Waals surface area contributed by atoms with Crippen LogP contribution < -0.4 is 5.32 Å². The van der Waals surface area contributed by atoms with Crippen molar-refractivity contribution in [3.8, 4) is 0 Å². The number of carbonyl (C=O) groups excluding carboxylic acids is 2. The van der Waals surface area contributed by atoms with Crippen molar-refractivity contribution in [1.82, 2.24) is 10.2 Å². The zero-order valence-corrected chi connectivity index (χ0v) is 12.7. The van der Waals surface area contributed by atoms with Gasteiger partial charge in [-0.1, -0.05) is 56.0 Å². The first-order chi connectivity index (χ1) is 10.2. The Morgan fingerprint density at radius 2 is 1.71 bits per heavy atom. The standard InChI is InChI=1S/C17H24N2O2/c1-19(13-14-9-5-4-6-10-14)17(21)16(20)18-15-11-7-2-3-8-12-15/h4-6,9-10,15H,2-3,7-8,11-13H2,1H3,(H,18,20). The molecule has 2 amide bonds. The molecule has 0 bridgehead atoms. The molecule has 0 atom stereocenters. The van der Waals surface area contributed by atoms with Crippen LogP contribution in [0.4, 0.5) is 0 Å². The summed E-state index contributed by atoms with van der Waals surface area (Å²) in [5.41, 5.74) is 1.02. The van der Waals surface area contributed by atoms with E-state index in [0.29, 0.717) is 6.54 Å². The van der Waals surface area contributed by atoms with Crippen molar-refractivity contribution in [2.24, 2.45) is 0 Å². The summed E-state index contributed by atoms with van der Waals surface area (Å²) in [6.07, 6.45) is 6.71. The van der Waals surface area contributed by atoms with Crippen LogP contribution in [0, 0.1) is 0 Å². The monoisotopic (exact) mass is 288 g/mol. The first-order valence-corrected chi connectivity index (χ1v) is 7.76. The first-order valence-electron chi connectivity index (χ1n) is 7.76. The van der Waals surface area contributed by atoms with Gasteiger partial charge in [-0.05, 0) is 18.4 Å². The van der Waals surface area contributed by atoms with Gasteiger partial charge in [-0.25, -0.2) is 0 Å². The zero-order chi connectivity index (χ0) is 15.1. The van der Waals surface area contributed by atoms with E-state index in [2.05, 4.69) is 5.32 Å². The average molecular weight is 288 g/mol. The highest BCUT2D eigenvalue weighted by Crippen LogP contribution is 2.17. The molecular formula is C17H24N2O2. The molecule has 2 rings (SSSR count). The maximum absolute atomic E-state index is 12.1. The molecule has 0 aliphatic heterocycles. The van der Waals surface area contributed by atoms with E-state index in [4.69, 9.17) is 0 Å². The minimum Gasteiger partial charge on any atom is -0.345 e. The van der Waals surface area contributed by atoms with Crippen LogP contribution >= 0.6 is 0 Å². The van der Waals surface area contributed by atoms with Gasteiger partial charge in [0.2, 0.25) is 0 Å². The number of hydrogen-bond donors (Lipinski definition) is 1. The molecule has 0 heterocycles. The lowest BCUT2D eigenvalue weighted by Crippen LogP contribution is -2.44. The number of benzene rings is 1. The van der Waals surface area contributed by atoms with Crippen LogP contribution in [0.25, 0.3) is 0 Å². The van der Waals surface area contributed by atoms with E-state index in [0.717, 1.165) is 31.2 Å². The van der Waals surface area contributed by atoms with Gasteiger partial charge in [0.1, 0.15) is 0 Å². The van der Waals surface area contributed by atoms with Crippen molar-refractivity contribution in [3.05, 3.63) is 35.9 Å². The fraction of sp³-hybridized carbons (Fsp3) is 0.529. The molecule has 1 aliphatic carbocycles. The molecule has 4 nitrogen and oxygen atoms in total. The van der Waals surface area contributed by atoms with Crippen LogP contribution in [0.15, 0.2) is 30.3 Å². The highest BCUT2D eigenvalue weighted by molar-refractivity contribution is 6.34. The van der Waals surface area contributed by atoms with Crippen molar-refractivity contribution in [1.29, 1.82) is 0 Å². The molecule has 0 unspecified atom stereocenters. The van der Waals surface area contributed by atoms with E-state index in [1.54, 1.807) is 7.05 Å². The topological polar surface area (TPSA) is 49.4 Å². The Kier molecular flexibility index (Phi) is 5.78. The Bertz CT molecular complexity index is 465. The minimum atomic E-state index is -0.472. The van der Waals surface area contributed by atoms with Gasteiger partial charge in [-0.3, -0.25) is 9.59 Å². The van der Waals surface area contributed by atoms with Crippen molar-refractivity contribution >= 4 is 11.8 Å². The molecule has 4 heteroatoms. The highest BCUT2D eigenvalue weighted by Gasteiger charge is 2.22. The van der Waals surface area contributed by atoms with E-state index in [1.165, 1.54) is 17.7 Å². The number of hydrogen-bond acceptors (Lipinski definition) is 2. The van der Waals surface area contributed by atoms with Crippen LogP contribution in [0.1, 0.15) is 44.1 Å². The van der Waals surface area contributed by atoms with Crippen molar-refractivity contribution < 1.29 is 9.59 Å².